The molecular weight excluding hydrogens is 440 g/mol. The summed E-state index contributed by atoms with van der Waals surface area (Å²) in [5.74, 6) is 1.83. The largest absolute Gasteiger partial charge is 0.353 e. The first-order chi connectivity index (χ1) is 15.6. The molecule has 5 heterocycles. The van der Waals surface area contributed by atoms with E-state index in [1.165, 1.54) is 39.1 Å². The molecule has 4 aromatic heterocycles. The Kier molecular flexibility index (Phi) is 5.00. The van der Waals surface area contributed by atoms with E-state index < -0.39 is 0 Å². The van der Waals surface area contributed by atoms with Crippen molar-refractivity contribution >= 4 is 48.9 Å². The number of piperazine rings is 1. The van der Waals surface area contributed by atoms with Crippen LogP contribution < -0.4 is 10.5 Å². The van der Waals surface area contributed by atoms with Gasteiger partial charge in [-0.05, 0) is 50.7 Å². The van der Waals surface area contributed by atoms with Crippen LogP contribution in [0.15, 0.2) is 11.1 Å². The summed E-state index contributed by atoms with van der Waals surface area (Å²) >= 11 is 3.46. The molecule has 166 valence electrons. The Morgan fingerprint density at radius 3 is 2.66 bits per heavy atom. The van der Waals surface area contributed by atoms with Crippen LogP contribution in [0.3, 0.4) is 0 Å². The molecule has 7 nitrogen and oxygen atoms in total. The first-order valence-electron chi connectivity index (χ1n) is 11.3. The highest BCUT2D eigenvalue weighted by molar-refractivity contribution is 7.19. The number of hydrogen-bond donors (Lipinski definition) is 1. The highest BCUT2D eigenvalue weighted by Gasteiger charge is 2.24. The van der Waals surface area contributed by atoms with Gasteiger partial charge < -0.3 is 9.88 Å². The summed E-state index contributed by atoms with van der Waals surface area (Å²) in [4.78, 5) is 39.3. The number of aromatic amines is 1. The lowest BCUT2D eigenvalue weighted by molar-refractivity contribution is 0.244. The number of nitrogens with one attached hydrogen (secondary N) is 1. The fourth-order valence-electron chi connectivity index (χ4n) is 5.02. The van der Waals surface area contributed by atoms with Gasteiger partial charge in [-0.1, -0.05) is 0 Å². The summed E-state index contributed by atoms with van der Waals surface area (Å²) in [7, 11) is 0. The van der Waals surface area contributed by atoms with Crippen molar-refractivity contribution in [2.75, 3.05) is 31.1 Å². The Labute approximate surface area is 194 Å². The van der Waals surface area contributed by atoms with Crippen LogP contribution in [0, 0.1) is 13.8 Å². The molecule has 1 aliphatic carbocycles. The third kappa shape index (κ3) is 3.34. The summed E-state index contributed by atoms with van der Waals surface area (Å²) in [6, 6.07) is 0. The molecule has 1 aliphatic heterocycles. The molecule has 32 heavy (non-hydrogen) atoms. The second-order valence-corrected chi connectivity index (χ2v) is 11.1. The number of hydrogen-bond acceptors (Lipinski definition) is 8. The standard InChI is InChI=1S/C23H26N6OS2/c1-13-14(2)31-22-18(13)20(24-12-25-22)29-9-7-28(8-10-29)11-17-26-21(30)19-15-5-3-4-6-16(15)32-23(19)27-17/h12H,3-11H2,1-2H3,(H,26,27,30). The number of H-pyrrole nitrogens is 1. The van der Waals surface area contributed by atoms with Gasteiger partial charge in [0, 0.05) is 35.9 Å². The van der Waals surface area contributed by atoms with Crippen LogP contribution in [0.4, 0.5) is 5.82 Å². The van der Waals surface area contributed by atoms with E-state index in [4.69, 9.17) is 4.98 Å². The number of rotatable bonds is 3. The summed E-state index contributed by atoms with van der Waals surface area (Å²) < 4.78 is 0. The topological polar surface area (TPSA) is 78.0 Å². The van der Waals surface area contributed by atoms with Crippen molar-refractivity contribution in [1.29, 1.82) is 0 Å². The van der Waals surface area contributed by atoms with Gasteiger partial charge in [0.2, 0.25) is 0 Å². The minimum atomic E-state index is 0.0368. The molecule has 0 atom stereocenters. The Morgan fingerprint density at radius 1 is 1.00 bits per heavy atom. The SMILES string of the molecule is Cc1sc2ncnc(N3CCN(Cc4nc5sc6c(c5c(=O)[nH]4)CCCC6)CC3)c2c1C. The molecule has 0 radical (unpaired) electrons. The Hall–Kier alpha value is -2.36. The molecule has 0 aromatic carbocycles. The molecule has 0 amide bonds. The summed E-state index contributed by atoms with van der Waals surface area (Å²) in [5, 5.41) is 2.04. The smallest absolute Gasteiger partial charge is 0.259 e. The van der Waals surface area contributed by atoms with Crippen LogP contribution in [0.2, 0.25) is 0 Å². The lowest BCUT2D eigenvalue weighted by Gasteiger charge is -2.35. The second kappa shape index (κ2) is 7.90. The van der Waals surface area contributed by atoms with Gasteiger partial charge >= 0.3 is 0 Å². The van der Waals surface area contributed by atoms with Gasteiger partial charge in [0.05, 0.1) is 17.3 Å². The summed E-state index contributed by atoms with van der Waals surface area (Å²) in [6.45, 7) is 8.63. The van der Waals surface area contributed by atoms with Gasteiger partial charge in [0.15, 0.2) is 0 Å². The van der Waals surface area contributed by atoms with Gasteiger partial charge in [0.25, 0.3) is 5.56 Å². The van der Waals surface area contributed by atoms with Crippen molar-refractivity contribution < 1.29 is 0 Å². The molecule has 0 saturated carbocycles. The minimum absolute atomic E-state index is 0.0368. The van der Waals surface area contributed by atoms with Gasteiger partial charge in [-0.2, -0.15) is 0 Å². The molecule has 6 rings (SSSR count). The Balaban J connectivity index is 1.20. The number of anilines is 1. The lowest BCUT2D eigenvalue weighted by Crippen LogP contribution is -2.46. The number of nitrogens with zero attached hydrogens (tertiary/aromatic N) is 5. The zero-order valence-electron chi connectivity index (χ0n) is 18.4. The third-order valence-electron chi connectivity index (χ3n) is 6.86. The van der Waals surface area contributed by atoms with E-state index in [0.29, 0.717) is 6.54 Å². The average Bonchev–Trinajstić information content (AvgIpc) is 3.31. The van der Waals surface area contributed by atoms with E-state index in [0.717, 1.165) is 65.7 Å². The maximum Gasteiger partial charge on any atom is 0.259 e. The number of aromatic nitrogens is 4. The third-order valence-corrected chi connectivity index (χ3v) is 9.17. The molecule has 1 saturated heterocycles. The Morgan fingerprint density at radius 2 is 1.81 bits per heavy atom. The van der Waals surface area contributed by atoms with Crippen molar-refractivity contribution in [3.05, 3.63) is 43.4 Å². The van der Waals surface area contributed by atoms with Crippen LogP contribution in [-0.4, -0.2) is 51.0 Å². The highest BCUT2D eigenvalue weighted by atomic mass is 32.1. The van der Waals surface area contributed by atoms with Crippen LogP contribution in [0.5, 0.6) is 0 Å². The van der Waals surface area contributed by atoms with E-state index in [9.17, 15) is 4.79 Å². The zero-order chi connectivity index (χ0) is 21.8. The second-order valence-electron chi connectivity index (χ2n) is 8.83. The predicted molar refractivity (Wildman–Crippen MR) is 131 cm³/mol. The van der Waals surface area contributed by atoms with Gasteiger partial charge in [-0.15, -0.1) is 22.7 Å². The Bertz CT molecular complexity index is 1380. The zero-order valence-corrected chi connectivity index (χ0v) is 20.0. The van der Waals surface area contributed by atoms with E-state index in [1.807, 2.05) is 0 Å². The van der Waals surface area contributed by atoms with Crippen molar-refractivity contribution in [2.24, 2.45) is 0 Å². The molecule has 1 fully saturated rings. The van der Waals surface area contributed by atoms with E-state index in [-0.39, 0.29) is 5.56 Å². The van der Waals surface area contributed by atoms with Gasteiger partial charge in [-0.3, -0.25) is 9.69 Å². The highest BCUT2D eigenvalue weighted by Crippen LogP contribution is 2.35. The molecular formula is C23H26N6OS2. The van der Waals surface area contributed by atoms with Gasteiger partial charge in [-0.25, -0.2) is 15.0 Å². The maximum absolute atomic E-state index is 12.8. The number of thiophene rings is 2. The average molecular weight is 467 g/mol. The van der Waals surface area contributed by atoms with Crippen LogP contribution >= 0.6 is 22.7 Å². The van der Waals surface area contributed by atoms with Crippen molar-refractivity contribution in [2.45, 2.75) is 46.1 Å². The molecule has 0 spiro atoms. The molecule has 2 aliphatic rings. The predicted octanol–water partition coefficient (Wildman–Crippen LogP) is 3.81. The fourth-order valence-corrected chi connectivity index (χ4v) is 7.29. The summed E-state index contributed by atoms with van der Waals surface area (Å²) in [5.41, 5.74) is 2.58. The lowest BCUT2D eigenvalue weighted by atomic mass is 9.97. The monoisotopic (exact) mass is 466 g/mol. The molecule has 9 heteroatoms. The minimum Gasteiger partial charge on any atom is -0.353 e. The maximum atomic E-state index is 12.8. The number of aryl methyl sites for hydroxylation is 4. The first kappa shape index (κ1) is 20.3. The van der Waals surface area contributed by atoms with Crippen LogP contribution in [0.25, 0.3) is 20.4 Å². The van der Waals surface area contributed by atoms with E-state index in [2.05, 4.69) is 38.6 Å². The van der Waals surface area contributed by atoms with Crippen molar-refractivity contribution in [3.63, 3.8) is 0 Å². The van der Waals surface area contributed by atoms with E-state index >= 15 is 0 Å². The first-order valence-corrected chi connectivity index (χ1v) is 12.9. The molecule has 0 bridgehead atoms. The van der Waals surface area contributed by atoms with Gasteiger partial charge in [0.1, 0.15) is 27.6 Å². The van der Waals surface area contributed by atoms with Crippen LogP contribution in [-0.2, 0) is 19.4 Å². The van der Waals surface area contributed by atoms with E-state index in [1.54, 1.807) is 29.0 Å². The fraction of sp³-hybridized carbons (Fsp3) is 0.478. The normalized spacial score (nSPS) is 17.4. The quantitative estimate of drug-likeness (QED) is 0.495. The van der Waals surface area contributed by atoms with Crippen molar-refractivity contribution in [3.8, 4) is 0 Å². The summed E-state index contributed by atoms with van der Waals surface area (Å²) in [6.07, 6.45) is 6.18. The molecule has 0 unspecified atom stereocenters. The number of fused-ring (bicyclic) bond motifs is 4. The molecule has 4 aromatic rings. The van der Waals surface area contributed by atoms with Crippen LogP contribution in [0.1, 0.15) is 39.5 Å². The van der Waals surface area contributed by atoms with Crippen molar-refractivity contribution in [1.82, 2.24) is 24.8 Å². The molecule has 1 N–H and O–H groups in total.